The first-order valence-corrected chi connectivity index (χ1v) is 23.6. The molecule has 3 aromatic heterocycles. The number of Topliss-reactive ketones (excluding diaryl/α,β-unsaturated/α-hetero) is 1. The number of aliphatic hydroxyl groups is 1. The minimum Gasteiger partial charge on any atom is -0.384 e. The smallest absolute Gasteiger partial charge is 0.278 e. The lowest BCUT2D eigenvalue weighted by atomic mass is 9.45. The first kappa shape index (κ1) is 42.9. The van der Waals surface area contributed by atoms with Gasteiger partial charge in [-0.15, -0.1) is 6.58 Å². The molecule has 12 heteroatoms. The lowest BCUT2D eigenvalue weighted by molar-refractivity contribution is -0.145. The van der Waals surface area contributed by atoms with Gasteiger partial charge in [0, 0.05) is 63.2 Å². The number of rotatable bonds is 14. The third kappa shape index (κ3) is 8.15. The predicted molar refractivity (Wildman–Crippen MR) is 245 cm³/mol. The van der Waals surface area contributed by atoms with Crippen LogP contribution in [0.15, 0.2) is 66.1 Å². The van der Waals surface area contributed by atoms with Crippen LogP contribution in [0.2, 0.25) is 0 Å². The highest BCUT2D eigenvalue weighted by Crippen LogP contribution is 2.66. The summed E-state index contributed by atoms with van der Waals surface area (Å²) >= 11 is 0. The van der Waals surface area contributed by atoms with E-state index in [1.807, 2.05) is 18.2 Å². The van der Waals surface area contributed by atoms with Gasteiger partial charge in [-0.2, -0.15) is 4.98 Å². The van der Waals surface area contributed by atoms with Crippen LogP contribution in [0.4, 0.5) is 17.3 Å². The molecule has 5 fully saturated rings. The molecule has 4 aromatic rings. The molecule has 4 aliphatic carbocycles. The Labute approximate surface area is 367 Å². The van der Waals surface area contributed by atoms with E-state index in [0.717, 1.165) is 88.5 Å². The predicted octanol–water partition coefficient (Wildman–Crippen LogP) is 8.42. The summed E-state index contributed by atoms with van der Waals surface area (Å²) < 4.78 is 9.96. The molecule has 2 N–H and O–H groups in total. The van der Waals surface area contributed by atoms with Crippen LogP contribution in [-0.2, 0) is 21.7 Å². The average Bonchev–Trinajstić information content (AvgIpc) is 3.74. The van der Waals surface area contributed by atoms with Gasteiger partial charge in [-0.25, -0.2) is 19.3 Å². The van der Waals surface area contributed by atoms with Gasteiger partial charge in [0.15, 0.2) is 11.5 Å². The first-order valence-electron chi connectivity index (χ1n) is 23.6. The highest BCUT2D eigenvalue weighted by molar-refractivity contribution is 5.80. The molecule has 1 aromatic carbocycles. The van der Waals surface area contributed by atoms with Gasteiger partial charge in [-0.3, -0.25) is 14.5 Å². The number of fused-ring (bicyclic) bond motifs is 6. The van der Waals surface area contributed by atoms with E-state index in [-0.39, 0.29) is 12.1 Å². The van der Waals surface area contributed by atoms with E-state index in [1.165, 1.54) is 61.7 Å². The number of benzene rings is 1. The summed E-state index contributed by atoms with van der Waals surface area (Å²) in [7, 11) is 0. The number of hydrogen-bond donors (Lipinski definition) is 2. The number of ketones is 1. The largest absolute Gasteiger partial charge is 0.384 e. The van der Waals surface area contributed by atoms with Gasteiger partial charge in [0.1, 0.15) is 16.8 Å². The molecule has 4 heterocycles. The third-order valence-electron chi connectivity index (χ3n) is 16.2. The standard InChI is InChI=1S/C50H68N8O4/c1-6-25-57-46(60)39-33-51-47(54-45(39)58(57)44-12-10-11-42(53-44)48(2,3)61)52-35-14-16-36(17-15-35)56-29-27-55(28-30-56)26-8-7-9-31-62-43-20-19-40-38-18-13-34-32-37(59)21-23-49(34,4)41(38)22-24-50(40,43)5/h6,10-12,14-17,33-34,38,40-41,43,61H,1,7-9,13,18-32H2,2-5H3,(H,51,52,54)/t34-,38-,40-,41-,43-,49-,50-/m0/s1. The summed E-state index contributed by atoms with van der Waals surface area (Å²) in [4.78, 5) is 44.7. The molecule has 0 unspecified atom stereocenters. The van der Waals surface area contributed by atoms with E-state index in [0.29, 0.717) is 57.1 Å². The fourth-order valence-corrected chi connectivity index (χ4v) is 12.7. The van der Waals surface area contributed by atoms with Crippen LogP contribution in [0.25, 0.3) is 16.9 Å². The van der Waals surface area contributed by atoms with E-state index < -0.39 is 5.60 Å². The SMILES string of the molecule is C=CCn1c(=O)c2cnc(Nc3ccc(N4CCN(CCCCCO[C@H]5CC[C@H]6[C@@H]7CC[C@H]8CC(=O)CC[C@]8(C)[C@H]7CC[C@]56C)CC4)cc3)nc2n1-c1cccc(C(C)(C)O)n1. The number of hydrogen-bond acceptors (Lipinski definition) is 10. The molecule has 9 rings (SSSR count). The fourth-order valence-electron chi connectivity index (χ4n) is 12.7. The molecule has 4 saturated carbocycles. The van der Waals surface area contributed by atoms with Crippen molar-refractivity contribution in [3.05, 3.63) is 77.4 Å². The highest BCUT2D eigenvalue weighted by Gasteiger charge is 2.60. The first-order chi connectivity index (χ1) is 29.9. The average molecular weight is 845 g/mol. The van der Waals surface area contributed by atoms with Crippen molar-refractivity contribution in [2.75, 3.05) is 49.5 Å². The molecule has 0 spiro atoms. The van der Waals surface area contributed by atoms with Gasteiger partial charge in [-0.05, 0) is 156 Å². The van der Waals surface area contributed by atoms with E-state index in [4.69, 9.17) is 9.72 Å². The number of pyridine rings is 1. The van der Waals surface area contributed by atoms with Gasteiger partial charge in [0.25, 0.3) is 5.56 Å². The second-order valence-electron chi connectivity index (χ2n) is 20.3. The van der Waals surface area contributed by atoms with Crippen LogP contribution in [0.1, 0.15) is 110 Å². The molecule has 0 bridgehead atoms. The topological polar surface area (TPSA) is 131 Å². The summed E-state index contributed by atoms with van der Waals surface area (Å²) in [5.41, 5.74) is 2.25. The van der Waals surface area contributed by atoms with E-state index in [2.05, 4.69) is 57.6 Å². The molecule has 7 atom stereocenters. The molecule has 1 saturated heterocycles. The summed E-state index contributed by atoms with van der Waals surface area (Å²) in [6.07, 6.45) is 17.8. The molecule has 0 radical (unpaired) electrons. The Bertz CT molecular complexity index is 2310. The Morgan fingerprint density at radius 1 is 0.919 bits per heavy atom. The Kier molecular flexibility index (Phi) is 12.0. The lowest BCUT2D eigenvalue weighted by Crippen LogP contribution is -2.54. The Hall–Kier alpha value is -4.39. The minimum absolute atomic E-state index is 0.242. The van der Waals surface area contributed by atoms with Crippen LogP contribution in [0.3, 0.4) is 0 Å². The number of anilines is 3. The maximum atomic E-state index is 13.4. The summed E-state index contributed by atoms with van der Waals surface area (Å²) in [6.45, 7) is 18.7. The zero-order valence-electron chi connectivity index (χ0n) is 37.5. The van der Waals surface area contributed by atoms with Crippen molar-refractivity contribution in [2.24, 2.45) is 34.5 Å². The van der Waals surface area contributed by atoms with Crippen molar-refractivity contribution in [3.63, 3.8) is 0 Å². The van der Waals surface area contributed by atoms with Crippen molar-refractivity contribution in [1.29, 1.82) is 0 Å². The molecular formula is C50H68N8O4. The molecule has 12 nitrogen and oxygen atoms in total. The monoisotopic (exact) mass is 845 g/mol. The summed E-state index contributed by atoms with van der Waals surface area (Å²) in [6, 6.07) is 13.7. The quantitative estimate of drug-likeness (QED) is 0.0943. The second-order valence-corrected chi connectivity index (χ2v) is 20.3. The van der Waals surface area contributed by atoms with E-state index in [1.54, 1.807) is 42.9 Å². The maximum absolute atomic E-state index is 13.4. The molecule has 62 heavy (non-hydrogen) atoms. The molecule has 1 aliphatic heterocycles. The molecule has 0 amide bonds. The number of ether oxygens (including phenoxy) is 1. The Balaban J connectivity index is 0.725. The second kappa shape index (κ2) is 17.3. The third-order valence-corrected chi connectivity index (χ3v) is 16.2. The van der Waals surface area contributed by atoms with Gasteiger partial charge < -0.3 is 20.1 Å². The van der Waals surface area contributed by atoms with Crippen molar-refractivity contribution < 1.29 is 14.6 Å². The minimum atomic E-state index is -1.15. The van der Waals surface area contributed by atoms with Gasteiger partial charge in [0.05, 0.1) is 18.3 Å². The maximum Gasteiger partial charge on any atom is 0.278 e. The van der Waals surface area contributed by atoms with Gasteiger partial charge in [0.2, 0.25) is 5.95 Å². The number of aromatic nitrogens is 5. The zero-order chi connectivity index (χ0) is 43.2. The van der Waals surface area contributed by atoms with Crippen LogP contribution < -0.4 is 15.8 Å². The molecular weight excluding hydrogens is 777 g/mol. The highest BCUT2D eigenvalue weighted by atomic mass is 16.5. The van der Waals surface area contributed by atoms with Crippen molar-refractivity contribution in [3.8, 4) is 5.82 Å². The normalized spacial score (nSPS) is 29.0. The number of allylic oxidation sites excluding steroid dienone is 1. The summed E-state index contributed by atoms with van der Waals surface area (Å²) in [5, 5.41) is 14.3. The van der Waals surface area contributed by atoms with E-state index in [9.17, 15) is 14.7 Å². The van der Waals surface area contributed by atoms with Crippen molar-refractivity contribution in [2.45, 2.75) is 123 Å². The zero-order valence-corrected chi connectivity index (χ0v) is 37.5. The number of unbranched alkanes of at least 4 members (excludes halogenated alkanes) is 2. The van der Waals surface area contributed by atoms with Crippen molar-refractivity contribution in [1.82, 2.24) is 29.2 Å². The lowest BCUT2D eigenvalue weighted by Gasteiger charge is -2.60. The Morgan fingerprint density at radius 2 is 1.71 bits per heavy atom. The van der Waals surface area contributed by atoms with Gasteiger partial charge >= 0.3 is 0 Å². The molecule has 332 valence electrons. The van der Waals surface area contributed by atoms with Crippen LogP contribution in [0, 0.1) is 34.5 Å². The van der Waals surface area contributed by atoms with Crippen molar-refractivity contribution >= 4 is 34.1 Å². The van der Waals surface area contributed by atoms with Crippen LogP contribution in [0.5, 0.6) is 0 Å². The Morgan fingerprint density at radius 3 is 2.48 bits per heavy atom. The summed E-state index contributed by atoms with van der Waals surface area (Å²) in [5.74, 6) is 4.41. The van der Waals surface area contributed by atoms with Crippen LogP contribution >= 0.6 is 0 Å². The van der Waals surface area contributed by atoms with Gasteiger partial charge in [-0.1, -0.05) is 26.0 Å². The molecule has 5 aliphatic rings. The number of nitrogens with one attached hydrogen (secondary N) is 1. The number of carbonyl (C=O) groups excluding carboxylic acids is 1. The number of nitrogens with zero attached hydrogens (tertiary/aromatic N) is 7. The van der Waals surface area contributed by atoms with Crippen LogP contribution in [-0.4, -0.2) is 85.5 Å². The van der Waals surface area contributed by atoms with E-state index >= 15 is 0 Å². The number of piperazine rings is 1. The fraction of sp³-hybridized carbons (Fsp3) is 0.620. The number of carbonyl (C=O) groups is 1.